The molecule has 5 nitrogen and oxygen atoms in total. The van der Waals surface area contributed by atoms with Crippen LogP contribution in [0.3, 0.4) is 0 Å². The normalized spacial score (nSPS) is 21.2. The van der Waals surface area contributed by atoms with E-state index in [9.17, 15) is 4.79 Å². The second-order valence-corrected chi connectivity index (χ2v) is 7.38. The minimum Gasteiger partial charge on any atom is -0.487 e. The Balaban J connectivity index is 1.51. The number of amides is 1. The number of aliphatic imine (C=N–C) groups is 1. The molecule has 1 saturated heterocycles. The number of carbonyl (C=O) groups is 1. The maximum atomic E-state index is 11.1. The summed E-state index contributed by atoms with van der Waals surface area (Å²) < 4.78 is 5.96. The molecule has 2 aliphatic rings. The van der Waals surface area contributed by atoms with Crippen LogP contribution in [-0.4, -0.2) is 34.2 Å². The van der Waals surface area contributed by atoms with Crippen LogP contribution in [0.5, 0.6) is 5.75 Å². The lowest BCUT2D eigenvalue weighted by molar-refractivity contribution is 0.0430. The summed E-state index contributed by atoms with van der Waals surface area (Å²) in [5.74, 6) is 2.28. The summed E-state index contributed by atoms with van der Waals surface area (Å²) in [6.07, 6.45) is 8.32. The van der Waals surface area contributed by atoms with Crippen LogP contribution in [-0.2, 0) is 0 Å². The summed E-state index contributed by atoms with van der Waals surface area (Å²) in [6, 6.07) is 7.91. The van der Waals surface area contributed by atoms with Gasteiger partial charge >= 0.3 is 0 Å². The molecule has 1 aromatic rings. The highest BCUT2D eigenvalue weighted by Gasteiger charge is 2.30. The molecule has 0 saturated carbocycles. The number of benzene rings is 1. The van der Waals surface area contributed by atoms with Gasteiger partial charge in [-0.1, -0.05) is 25.1 Å². The van der Waals surface area contributed by atoms with E-state index in [1.807, 2.05) is 43.5 Å². The summed E-state index contributed by atoms with van der Waals surface area (Å²) in [5, 5.41) is 2.87. The predicted molar refractivity (Wildman–Crippen MR) is 108 cm³/mol. The number of halogens is 1. The number of nitrogens with zero attached hydrogens (tertiary/aromatic N) is 2. The fourth-order valence-electron chi connectivity index (χ4n) is 2.85. The van der Waals surface area contributed by atoms with Gasteiger partial charge in [0, 0.05) is 28.8 Å². The van der Waals surface area contributed by atoms with Gasteiger partial charge in [-0.05, 0) is 42.7 Å². The van der Waals surface area contributed by atoms with Crippen molar-refractivity contribution in [2.24, 2.45) is 10.9 Å². The van der Waals surface area contributed by atoms with Crippen LogP contribution in [0, 0.1) is 5.92 Å². The first-order valence-electron chi connectivity index (χ1n) is 8.41. The number of hydrogen-bond donors (Lipinski definition) is 1. The Bertz CT molecular complexity index is 706. The number of nitrogens with one attached hydrogen (secondary N) is 1. The number of hydrogen-bond acceptors (Lipinski definition) is 4. The maximum absolute atomic E-state index is 11.1. The highest BCUT2D eigenvalue weighted by Crippen LogP contribution is 2.25. The highest BCUT2D eigenvalue weighted by atomic mass is 127. The Morgan fingerprint density at radius 2 is 2.08 bits per heavy atom. The number of ether oxygens (including phenoxy) is 1. The van der Waals surface area contributed by atoms with E-state index in [-0.39, 0.29) is 16.1 Å². The molecule has 1 amide bonds. The molecule has 132 valence electrons. The van der Waals surface area contributed by atoms with Crippen molar-refractivity contribution < 1.29 is 9.53 Å². The molecule has 0 aromatic heterocycles. The molecule has 1 fully saturated rings. The minimum absolute atomic E-state index is 0.00622. The van der Waals surface area contributed by atoms with Crippen molar-refractivity contribution in [3.05, 3.63) is 53.9 Å². The lowest BCUT2D eigenvalue weighted by Crippen LogP contribution is -2.52. The highest BCUT2D eigenvalue weighted by molar-refractivity contribution is 14.1. The van der Waals surface area contributed by atoms with E-state index in [2.05, 4.69) is 34.3 Å². The third-order valence-electron chi connectivity index (χ3n) is 4.30. The molecule has 0 aliphatic carbocycles. The third-order valence-corrected chi connectivity index (χ3v) is 4.62. The van der Waals surface area contributed by atoms with E-state index < -0.39 is 0 Å². The molecule has 1 aromatic carbocycles. The fraction of sp³-hybridized carbons (Fsp3) is 0.368. The number of rotatable bonds is 5. The van der Waals surface area contributed by atoms with Crippen molar-refractivity contribution in [2.75, 3.05) is 13.1 Å². The van der Waals surface area contributed by atoms with E-state index in [4.69, 9.17) is 4.74 Å². The second kappa shape index (κ2) is 8.03. The van der Waals surface area contributed by atoms with E-state index >= 15 is 0 Å². The zero-order valence-electron chi connectivity index (χ0n) is 14.4. The smallest absolute Gasteiger partial charge is 0.281 e. The molecule has 0 radical (unpaired) electrons. The van der Waals surface area contributed by atoms with Gasteiger partial charge in [-0.3, -0.25) is 4.79 Å². The van der Waals surface area contributed by atoms with Gasteiger partial charge in [0.15, 0.2) is 0 Å². The van der Waals surface area contributed by atoms with Gasteiger partial charge in [-0.2, -0.15) is 0 Å². The van der Waals surface area contributed by atoms with Crippen LogP contribution in [0.25, 0.3) is 0 Å². The molecular weight excluding hydrogens is 429 g/mol. The maximum Gasteiger partial charge on any atom is 0.281 e. The van der Waals surface area contributed by atoms with Crippen LogP contribution in [0.15, 0.2) is 53.3 Å². The van der Waals surface area contributed by atoms with E-state index in [0.717, 1.165) is 30.2 Å². The molecule has 2 atom stereocenters. The topological polar surface area (TPSA) is 53.9 Å². The number of allylic oxidation sites excluding steroid dienone is 3. The van der Waals surface area contributed by atoms with Crippen LogP contribution < -0.4 is 10.1 Å². The lowest BCUT2D eigenvalue weighted by Gasteiger charge is -2.40. The van der Waals surface area contributed by atoms with Crippen LogP contribution in [0.4, 0.5) is 4.79 Å². The van der Waals surface area contributed by atoms with Gasteiger partial charge in [-0.15, -0.1) is 0 Å². The van der Waals surface area contributed by atoms with Gasteiger partial charge in [0.25, 0.3) is 3.91 Å². The lowest BCUT2D eigenvalue weighted by atomic mass is 10.1. The molecule has 25 heavy (non-hydrogen) atoms. The summed E-state index contributed by atoms with van der Waals surface area (Å²) in [4.78, 5) is 17.8. The molecule has 2 aliphatic heterocycles. The van der Waals surface area contributed by atoms with Crippen LogP contribution in [0.1, 0.15) is 25.5 Å². The summed E-state index contributed by atoms with van der Waals surface area (Å²) in [5.41, 5.74) is 1.06. The molecule has 1 N–H and O–H groups in total. The Morgan fingerprint density at radius 1 is 1.36 bits per heavy atom. The van der Waals surface area contributed by atoms with E-state index in [1.54, 1.807) is 22.6 Å². The molecule has 1 unspecified atom stereocenters. The molecule has 2 heterocycles. The average Bonchev–Trinajstić information content (AvgIpc) is 2.74. The molecule has 6 heteroatoms. The Kier molecular flexibility index (Phi) is 5.78. The van der Waals surface area contributed by atoms with Crippen molar-refractivity contribution in [2.45, 2.75) is 26.0 Å². The largest absolute Gasteiger partial charge is 0.487 e. The minimum atomic E-state index is -0.0556. The summed E-state index contributed by atoms with van der Waals surface area (Å²) >= 11 is 1.75. The quantitative estimate of drug-likeness (QED) is 0.417. The van der Waals surface area contributed by atoms with E-state index in [0.29, 0.717) is 5.92 Å². The van der Waals surface area contributed by atoms with Gasteiger partial charge in [0.2, 0.25) is 0 Å². The molecule has 0 bridgehead atoms. The first-order chi connectivity index (χ1) is 12.0. The second-order valence-electron chi connectivity index (χ2n) is 6.40. The SMILES string of the molecule is CC1C=CC=NC(N2CC(Oc3ccc([C@H](C)NC(=O)I)cc3)C2)=C1. The fourth-order valence-corrected chi connectivity index (χ4v) is 3.31. The third kappa shape index (κ3) is 4.84. The zero-order valence-corrected chi connectivity index (χ0v) is 16.5. The molecular formula is C19H22IN3O2. The number of likely N-dealkylation sites (tertiary alicyclic amines) is 1. The zero-order chi connectivity index (χ0) is 17.8. The van der Waals surface area contributed by atoms with Gasteiger partial charge in [0.1, 0.15) is 17.7 Å². The van der Waals surface area contributed by atoms with Crippen molar-refractivity contribution in [1.29, 1.82) is 0 Å². The summed E-state index contributed by atoms with van der Waals surface area (Å²) in [7, 11) is 0. The first kappa shape index (κ1) is 18.0. The van der Waals surface area contributed by atoms with Crippen molar-refractivity contribution >= 4 is 32.7 Å². The van der Waals surface area contributed by atoms with Gasteiger partial charge in [0.05, 0.1) is 19.1 Å². The van der Waals surface area contributed by atoms with Gasteiger partial charge in [-0.25, -0.2) is 4.99 Å². The van der Waals surface area contributed by atoms with Crippen LogP contribution in [0.2, 0.25) is 0 Å². The van der Waals surface area contributed by atoms with Crippen LogP contribution >= 0.6 is 22.6 Å². The predicted octanol–water partition coefficient (Wildman–Crippen LogP) is 4.07. The van der Waals surface area contributed by atoms with Gasteiger partial charge < -0.3 is 15.0 Å². The first-order valence-corrected chi connectivity index (χ1v) is 9.49. The number of carbonyl (C=O) groups excluding carboxylic acids is 1. The Morgan fingerprint density at radius 3 is 2.76 bits per heavy atom. The Hall–Kier alpha value is -1.83. The van der Waals surface area contributed by atoms with Crippen molar-refractivity contribution in [3.63, 3.8) is 0 Å². The monoisotopic (exact) mass is 451 g/mol. The molecule has 3 rings (SSSR count). The van der Waals surface area contributed by atoms with Crippen molar-refractivity contribution in [3.8, 4) is 5.75 Å². The standard InChI is InChI=1S/C19H22IN3O2/c1-13-4-3-9-21-18(10-13)23-11-17(12-23)25-16-7-5-15(6-8-16)14(2)22-19(20)24/h3-10,13-14,17H,11-12H2,1-2H3,(H,22,24)/t13?,14-/m0/s1. The Labute approximate surface area is 162 Å². The molecule has 0 spiro atoms. The average molecular weight is 451 g/mol. The van der Waals surface area contributed by atoms with Crippen molar-refractivity contribution in [1.82, 2.24) is 10.2 Å². The summed E-state index contributed by atoms with van der Waals surface area (Å²) in [6.45, 7) is 5.81. The van der Waals surface area contributed by atoms with E-state index in [1.165, 1.54) is 0 Å².